The van der Waals surface area contributed by atoms with Crippen LogP contribution in [0.15, 0.2) is 42.5 Å². The maximum absolute atomic E-state index is 10.8. The maximum atomic E-state index is 10.8. The van der Waals surface area contributed by atoms with Gasteiger partial charge < -0.3 is 5.73 Å². The molecule has 2 aromatic carbocycles. The molecule has 0 amide bonds. The average Bonchev–Trinajstić information content (AvgIpc) is 2.39. The van der Waals surface area contributed by atoms with Crippen LogP contribution in [0, 0.1) is 10.1 Å². The Balaban J connectivity index is 2.54. The third kappa shape index (κ3) is 2.73. The highest BCUT2D eigenvalue weighted by Gasteiger charge is 2.10. The van der Waals surface area contributed by atoms with Crippen molar-refractivity contribution in [2.75, 3.05) is 5.73 Å². The van der Waals surface area contributed by atoms with Crippen molar-refractivity contribution in [3.63, 3.8) is 0 Å². The molecule has 0 aromatic heterocycles. The molecule has 19 heavy (non-hydrogen) atoms. The Labute approximate surface area is 112 Å². The summed E-state index contributed by atoms with van der Waals surface area (Å²) in [6, 6.07) is 12.4. The zero-order chi connectivity index (χ0) is 14.0. The van der Waals surface area contributed by atoms with Gasteiger partial charge in [-0.2, -0.15) is 0 Å². The minimum absolute atomic E-state index is 0.0758. The number of rotatable bonds is 3. The van der Waals surface area contributed by atoms with Crippen molar-refractivity contribution in [1.82, 2.24) is 0 Å². The number of hydrogen-bond donors (Lipinski definition) is 1. The molecule has 98 valence electrons. The number of nitro benzene ring substituents is 1. The molecular formula is C15H16N2O2. The maximum Gasteiger partial charge on any atom is 0.270 e. The summed E-state index contributed by atoms with van der Waals surface area (Å²) in [5.41, 5.74) is 9.46. The van der Waals surface area contributed by atoms with E-state index in [0.29, 0.717) is 11.6 Å². The molecule has 0 aliphatic rings. The summed E-state index contributed by atoms with van der Waals surface area (Å²) < 4.78 is 0. The van der Waals surface area contributed by atoms with Crippen molar-refractivity contribution in [1.29, 1.82) is 0 Å². The highest BCUT2D eigenvalue weighted by molar-refractivity contribution is 5.78. The Hall–Kier alpha value is -2.36. The van der Waals surface area contributed by atoms with Gasteiger partial charge in [-0.3, -0.25) is 10.1 Å². The predicted molar refractivity (Wildman–Crippen MR) is 77.0 cm³/mol. The Bertz CT molecular complexity index is 621. The molecule has 4 nitrogen and oxygen atoms in total. The van der Waals surface area contributed by atoms with Crippen LogP contribution in [0.1, 0.15) is 25.3 Å². The second-order valence-corrected chi connectivity index (χ2v) is 4.81. The first-order valence-electron chi connectivity index (χ1n) is 6.13. The summed E-state index contributed by atoms with van der Waals surface area (Å²) in [5.74, 6) is 0.387. The summed E-state index contributed by atoms with van der Waals surface area (Å²) in [5, 5.41) is 10.8. The molecule has 0 atom stereocenters. The van der Waals surface area contributed by atoms with Gasteiger partial charge in [0.15, 0.2) is 0 Å². The van der Waals surface area contributed by atoms with Gasteiger partial charge in [-0.25, -0.2) is 0 Å². The van der Waals surface area contributed by atoms with Gasteiger partial charge >= 0.3 is 0 Å². The van der Waals surface area contributed by atoms with Crippen molar-refractivity contribution in [2.45, 2.75) is 19.8 Å². The van der Waals surface area contributed by atoms with Gasteiger partial charge in [0, 0.05) is 23.4 Å². The summed E-state index contributed by atoms with van der Waals surface area (Å²) in [6.45, 7) is 4.20. The van der Waals surface area contributed by atoms with Crippen LogP contribution in [0.3, 0.4) is 0 Å². The quantitative estimate of drug-likeness (QED) is 0.513. The fourth-order valence-electron chi connectivity index (χ4n) is 1.97. The minimum atomic E-state index is -0.397. The molecule has 0 bridgehead atoms. The predicted octanol–water partition coefficient (Wildman–Crippen LogP) is 3.97. The third-order valence-electron chi connectivity index (χ3n) is 3.11. The third-order valence-corrected chi connectivity index (χ3v) is 3.11. The first kappa shape index (κ1) is 13.1. The van der Waals surface area contributed by atoms with E-state index in [1.165, 1.54) is 6.07 Å². The number of nitrogens with zero attached hydrogens (tertiary/aromatic N) is 1. The molecule has 0 spiro atoms. The highest BCUT2D eigenvalue weighted by atomic mass is 16.6. The van der Waals surface area contributed by atoms with Crippen molar-refractivity contribution in [3.8, 4) is 11.1 Å². The van der Waals surface area contributed by atoms with Gasteiger partial charge in [0.2, 0.25) is 0 Å². The molecule has 0 saturated heterocycles. The van der Waals surface area contributed by atoms with Crippen molar-refractivity contribution in [3.05, 3.63) is 58.1 Å². The van der Waals surface area contributed by atoms with E-state index in [4.69, 9.17) is 5.73 Å². The van der Waals surface area contributed by atoms with Crippen molar-refractivity contribution >= 4 is 11.4 Å². The van der Waals surface area contributed by atoms with Gasteiger partial charge in [0.1, 0.15) is 0 Å². The summed E-state index contributed by atoms with van der Waals surface area (Å²) in [7, 11) is 0. The van der Waals surface area contributed by atoms with E-state index in [1.54, 1.807) is 12.1 Å². The van der Waals surface area contributed by atoms with Gasteiger partial charge in [-0.1, -0.05) is 32.0 Å². The summed E-state index contributed by atoms with van der Waals surface area (Å²) in [4.78, 5) is 10.4. The topological polar surface area (TPSA) is 69.2 Å². The van der Waals surface area contributed by atoms with Crippen LogP contribution in [-0.2, 0) is 0 Å². The molecule has 0 aliphatic carbocycles. The summed E-state index contributed by atoms with van der Waals surface area (Å²) in [6.07, 6.45) is 0. The van der Waals surface area contributed by atoms with Crippen molar-refractivity contribution in [2.24, 2.45) is 0 Å². The van der Waals surface area contributed by atoms with Gasteiger partial charge in [0.25, 0.3) is 5.69 Å². The van der Waals surface area contributed by atoms with E-state index < -0.39 is 4.92 Å². The van der Waals surface area contributed by atoms with Gasteiger partial charge in [-0.05, 0) is 29.2 Å². The molecule has 0 fully saturated rings. The van der Waals surface area contributed by atoms with Crippen molar-refractivity contribution < 1.29 is 4.92 Å². The zero-order valence-electron chi connectivity index (χ0n) is 11.0. The molecule has 0 heterocycles. The van der Waals surface area contributed by atoms with Crippen LogP contribution in [0.4, 0.5) is 11.4 Å². The molecule has 0 unspecified atom stereocenters. The molecule has 2 rings (SSSR count). The molecule has 0 radical (unpaired) electrons. The number of hydrogen-bond acceptors (Lipinski definition) is 3. The second kappa shape index (κ2) is 5.10. The lowest BCUT2D eigenvalue weighted by atomic mass is 9.96. The van der Waals surface area contributed by atoms with Crippen LogP contribution in [0.2, 0.25) is 0 Å². The SMILES string of the molecule is CC(C)c1ccc(N)c(-c2cccc([N+](=O)[O-])c2)c1. The Morgan fingerprint density at radius 1 is 1.16 bits per heavy atom. The van der Waals surface area contributed by atoms with E-state index in [0.717, 1.165) is 16.7 Å². The average molecular weight is 256 g/mol. The molecule has 2 N–H and O–H groups in total. The molecule has 2 aromatic rings. The number of nitrogen functional groups attached to an aromatic ring is 1. The Morgan fingerprint density at radius 2 is 1.89 bits per heavy atom. The lowest BCUT2D eigenvalue weighted by Gasteiger charge is -2.11. The van der Waals surface area contributed by atoms with Crippen LogP contribution in [0.5, 0.6) is 0 Å². The number of benzene rings is 2. The van der Waals surface area contributed by atoms with Crippen LogP contribution < -0.4 is 5.73 Å². The number of nitro groups is 1. The van der Waals surface area contributed by atoms with E-state index in [1.807, 2.05) is 24.3 Å². The number of non-ortho nitro benzene ring substituents is 1. The van der Waals surface area contributed by atoms with Gasteiger partial charge in [-0.15, -0.1) is 0 Å². The molecule has 0 saturated carbocycles. The standard InChI is InChI=1S/C15H16N2O2/c1-10(2)11-6-7-15(16)14(9-11)12-4-3-5-13(8-12)17(18)19/h3-10H,16H2,1-2H3. The van der Waals surface area contributed by atoms with E-state index in [-0.39, 0.29) is 5.69 Å². The Morgan fingerprint density at radius 3 is 2.53 bits per heavy atom. The number of nitrogens with two attached hydrogens (primary N) is 1. The smallest absolute Gasteiger partial charge is 0.270 e. The lowest BCUT2D eigenvalue weighted by Crippen LogP contribution is -1.95. The molecular weight excluding hydrogens is 240 g/mol. The fourth-order valence-corrected chi connectivity index (χ4v) is 1.97. The van der Waals surface area contributed by atoms with E-state index in [2.05, 4.69) is 13.8 Å². The second-order valence-electron chi connectivity index (χ2n) is 4.81. The minimum Gasteiger partial charge on any atom is -0.398 e. The van der Waals surface area contributed by atoms with Crippen LogP contribution >= 0.6 is 0 Å². The molecule has 0 aliphatic heterocycles. The lowest BCUT2D eigenvalue weighted by molar-refractivity contribution is -0.384. The number of anilines is 1. The normalized spacial score (nSPS) is 10.7. The van der Waals surface area contributed by atoms with Crippen LogP contribution in [-0.4, -0.2) is 4.92 Å². The first-order valence-corrected chi connectivity index (χ1v) is 6.13. The summed E-state index contributed by atoms with van der Waals surface area (Å²) >= 11 is 0. The van der Waals surface area contributed by atoms with E-state index >= 15 is 0 Å². The zero-order valence-corrected chi connectivity index (χ0v) is 11.0. The molecule has 4 heteroatoms. The fraction of sp³-hybridized carbons (Fsp3) is 0.200. The van der Waals surface area contributed by atoms with Crippen LogP contribution in [0.25, 0.3) is 11.1 Å². The monoisotopic (exact) mass is 256 g/mol. The largest absolute Gasteiger partial charge is 0.398 e. The van der Waals surface area contributed by atoms with Gasteiger partial charge in [0.05, 0.1) is 4.92 Å². The Kier molecular flexibility index (Phi) is 3.51. The first-order chi connectivity index (χ1) is 8.99. The van der Waals surface area contributed by atoms with E-state index in [9.17, 15) is 10.1 Å². The highest BCUT2D eigenvalue weighted by Crippen LogP contribution is 2.31.